The summed E-state index contributed by atoms with van der Waals surface area (Å²) >= 11 is 0. The van der Waals surface area contributed by atoms with Crippen LogP contribution >= 0.6 is 0 Å². The lowest BCUT2D eigenvalue weighted by Crippen LogP contribution is -2.26. The molecule has 3 rings (SSSR count). The molecule has 3 aromatic rings. The Kier molecular flexibility index (Phi) is 5.17. The van der Waals surface area contributed by atoms with Crippen LogP contribution in [0.5, 0.6) is 0 Å². The molecule has 2 aromatic carbocycles. The van der Waals surface area contributed by atoms with Crippen LogP contribution in [0.15, 0.2) is 59.5 Å². The van der Waals surface area contributed by atoms with E-state index in [0.29, 0.717) is 24.0 Å². The van der Waals surface area contributed by atoms with Gasteiger partial charge in [0.05, 0.1) is 6.42 Å². The second-order valence-electron chi connectivity index (χ2n) is 8.29. The summed E-state index contributed by atoms with van der Waals surface area (Å²) in [5, 5.41) is 4.35. The summed E-state index contributed by atoms with van der Waals surface area (Å²) in [4.78, 5) is 25.3. The van der Waals surface area contributed by atoms with Crippen molar-refractivity contribution in [3.05, 3.63) is 76.2 Å². The minimum absolute atomic E-state index is 0.0111. The van der Waals surface area contributed by atoms with E-state index in [1.165, 1.54) is 0 Å². The predicted octanol–water partition coefficient (Wildman–Crippen LogP) is 4.54. The van der Waals surface area contributed by atoms with Crippen LogP contribution in [-0.4, -0.2) is 10.5 Å². The second kappa shape index (κ2) is 7.39. The topological polar surface area (TPSA) is 51.1 Å². The summed E-state index contributed by atoms with van der Waals surface area (Å²) < 4.78 is 1.74. The van der Waals surface area contributed by atoms with Gasteiger partial charge >= 0.3 is 0 Å². The quantitative estimate of drug-likeness (QED) is 0.741. The third-order valence-corrected chi connectivity index (χ3v) is 4.38. The smallest absolute Gasteiger partial charge is 0.258 e. The van der Waals surface area contributed by atoms with Gasteiger partial charge in [-0.1, -0.05) is 56.7 Å². The first-order valence-electron chi connectivity index (χ1n) is 9.20. The fourth-order valence-corrected chi connectivity index (χ4v) is 3.26. The first-order valence-corrected chi connectivity index (χ1v) is 9.20. The number of nitrogens with zero attached hydrogens (tertiary/aromatic N) is 1. The van der Waals surface area contributed by atoms with Crippen molar-refractivity contribution in [2.45, 2.75) is 40.7 Å². The van der Waals surface area contributed by atoms with E-state index in [2.05, 4.69) is 26.1 Å². The number of hydrogen-bond donors (Lipinski definition) is 1. The molecular formula is C23H26N2O2. The molecule has 0 saturated carbocycles. The molecule has 1 amide bonds. The monoisotopic (exact) mass is 362 g/mol. The highest BCUT2D eigenvalue weighted by Gasteiger charge is 2.14. The average molecular weight is 362 g/mol. The lowest BCUT2D eigenvalue weighted by molar-refractivity contribution is -0.115. The predicted molar refractivity (Wildman–Crippen MR) is 111 cm³/mol. The molecule has 1 N–H and O–H groups in total. The number of amides is 1. The van der Waals surface area contributed by atoms with Gasteiger partial charge in [-0.05, 0) is 36.1 Å². The normalized spacial score (nSPS) is 11.6. The first-order chi connectivity index (χ1) is 12.7. The molecule has 0 aliphatic heterocycles. The number of pyridine rings is 1. The number of hydrogen-bond acceptors (Lipinski definition) is 2. The molecule has 1 aromatic heterocycles. The summed E-state index contributed by atoms with van der Waals surface area (Å²) in [7, 11) is 0. The molecule has 4 heteroatoms. The van der Waals surface area contributed by atoms with Crippen LogP contribution in [0.1, 0.15) is 31.9 Å². The van der Waals surface area contributed by atoms with E-state index in [4.69, 9.17) is 0 Å². The summed E-state index contributed by atoms with van der Waals surface area (Å²) in [5.74, 6) is -0.0908. The SMILES string of the molecule is Cc1cccc(CC(=O)Nc2cccc3c(=O)n(CC(C)(C)C)ccc23)c1. The van der Waals surface area contributed by atoms with Gasteiger partial charge in [-0.2, -0.15) is 0 Å². The molecule has 1 heterocycles. The van der Waals surface area contributed by atoms with Gasteiger partial charge in [0.25, 0.3) is 5.56 Å². The lowest BCUT2D eigenvalue weighted by atomic mass is 9.96. The standard InChI is InChI=1S/C23H26N2O2/c1-16-7-5-8-17(13-16)14-21(26)24-20-10-6-9-19-18(20)11-12-25(22(19)27)15-23(2,3)4/h5-13H,14-15H2,1-4H3,(H,24,26). The van der Waals surface area contributed by atoms with Gasteiger partial charge in [0.15, 0.2) is 0 Å². The van der Waals surface area contributed by atoms with Gasteiger partial charge in [0.2, 0.25) is 5.91 Å². The Morgan fingerprint density at radius 3 is 2.48 bits per heavy atom. The van der Waals surface area contributed by atoms with Crippen molar-refractivity contribution >= 4 is 22.4 Å². The lowest BCUT2D eigenvalue weighted by Gasteiger charge is -2.20. The van der Waals surface area contributed by atoms with Gasteiger partial charge < -0.3 is 9.88 Å². The van der Waals surface area contributed by atoms with Crippen molar-refractivity contribution in [2.24, 2.45) is 5.41 Å². The summed E-state index contributed by atoms with van der Waals surface area (Å²) in [6.45, 7) is 8.96. The fourth-order valence-electron chi connectivity index (χ4n) is 3.26. The Balaban J connectivity index is 1.88. The molecule has 4 nitrogen and oxygen atoms in total. The third kappa shape index (κ3) is 4.64. The van der Waals surface area contributed by atoms with Crippen LogP contribution in [0.3, 0.4) is 0 Å². The zero-order valence-electron chi connectivity index (χ0n) is 16.4. The minimum Gasteiger partial charge on any atom is -0.325 e. The van der Waals surface area contributed by atoms with Crippen LogP contribution in [0.25, 0.3) is 10.8 Å². The molecule has 0 aliphatic carbocycles. The van der Waals surface area contributed by atoms with Gasteiger partial charge in [0, 0.05) is 29.2 Å². The zero-order chi connectivity index (χ0) is 19.6. The maximum absolute atomic E-state index is 12.8. The number of rotatable bonds is 4. The highest BCUT2D eigenvalue weighted by molar-refractivity contribution is 6.02. The zero-order valence-corrected chi connectivity index (χ0v) is 16.4. The number of aromatic nitrogens is 1. The number of carbonyl (C=O) groups excluding carboxylic acids is 1. The average Bonchev–Trinajstić information content (AvgIpc) is 2.57. The van der Waals surface area contributed by atoms with Gasteiger partial charge in [-0.25, -0.2) is 0 Å². The highest BCUT2D eigenvalue weighted by atomic mass is 16.1. The van der Waals surface area contributed by atoms with E-state index in [9.17, 15) is 9.59 Å². The maximum atomic E-state index is 12.8. The van der Waals surface area contributed by atoms with Crippen molar-refractivity contribution < 1.29 is 4.79 Å². The Bertz CT molecular complexity index is 1040. The van der Waals surface area contributed by atoms with Crippen LogP contribution in [0.2, 0.25) is 0 Å². The van der Waals surface area contributed by atoms with E-state index < -0.39 is 0 Å². The number of aryl methyl sites for hydroxylation is 1. The summed E-state index contributed by atoms with van der Waals surface area (Å²) in [6, 6.07) is 15.3. The molecule has 0 atom stereocenters. The molecule has 0 spiro atoms. The van der Waals surface area contributed by atoms with Gasteiger partial charge in [-0.3, -0.25) is 9.59 Å². The molecule has 0 saturated heterocycles. The van der Waals surface area contributed by atoms with E-state index in [0.717, 1.165) is 16.5 Å². The summed E-state index contributed by atoms with van der Waals surface area (Å²) in [6.07, 6.45) is 2.12. The van der Waals surface area contributed by atoms with Crippen molar-refractivity contribution in [2.75, 3.05) is 5.32 Å². The Labute approximate surface area is 159 Å². The van der Waals surface area contributed by atoms with E-state index in [1.807, 2.05) is 61.7 Å². The molecule has 0 fully saturated rings. The highest BCUT2D eigenvalue weighted by Crippen LogP contribution is 2.22. The van der Waals surface area contributed by atoms with Crippen LogP contribution < -0.4 is 10.9 Å². The van der Waals surface area contributed by atoms with E-state index in [1.54, 1.807) is 4.57 Å². The van der Waals surface area contributed by atoms with Crippen molar-refractivity contribution in [3.63, 3.8) is 0 Å². The van der Waals surface area contributed by atoms with Crippen molar-refractivity contribution in [1.29, 1.82) is 0 Å². The number of nitrogens with one attached hydrogen (secondary N) is 1. The molecule has 140 valence electrons. The first kappa shape index (κ1) is 18.9. The molecule has 0 unspecified atom stereocenters. The maximum Gasteiger partial charge on any atom is 0.258 e. The molecule has 0 aliphatic rings. The molecular weight excluding hydrogens is 336 g/mol. The molecule has 0 bridgehead atoms. The number of benzene rings is 2. The largest absolute Gasteiger partial charge is 0.325 e. The van der Waals surface area contributed by atoms with Gasteiger partial charge in [0.1, 0.15) is 0 Å². The Morgan fingerprint density at radius 1 is 1.04 bits per heavy atom. The van der Waals surface area contributed by atoms with Gasteiger partial charge in [-0.15, -0.1) is 0 Å². The summed E-state index contributed by atoms with van der Waals surface area (Å²) in [5.41, 5.74) is 2.75. The number of carbonyl (C=O) groups is 1. The third-order valence-electron chi connectivity index (χ3n) is 4.38. The fraction of sp³-hybridized carbons (Fsp3) is 0.304. The number of fused-ring (bicyclic) bond motifs is 1. The van der Waals surface area contributed by atoms with Crippen LogP contribution in [0, 0.1) is 12.3 Å². The Hall–Kier alpha value is -2.88. The van der Waals surface area contributed by atoms with Crippen molar-refractivity contribution in [3.8, 4) is 0 Å². The molecule has 27 heavy (non-hydrogen) atoms. The Morgan fingerprint density at radius 2 is 1.78 bits per heavy atom. The van der Waals surface area contributed by atoms with Crippen LogP contribution in [-0.2, 0) is 17.8 Å². The van der Waals surface area contributed by atoms with Crippen molar-refractivity contribution in [1.82, 2.24) is 4.57 Å². The molecule has 0 radical (unpaired) electrons. The second-order valence-corrected chi connectivity index (χ2v) is 8.29. The van der Waals surface area contributed by atoms with Crippen LogP contribution in [0.4, 0.5) is 5.69 Å². The van der Waals surface area contributed by atoms with E-state index in [-0.39, 0.29) is 16.9 Å². The number of anilines is 1. The minimum atomic E-state index is -0.0908. The van der Waals surface area contributed by atoms with E-state index >= 15 is 0 Å².